The molecule has 1 heterocycles. The molecular weight excluding hydrogens is 252 g/mol. The minimum atomic E-state index is -0.830. The Morgan fingerprint density at radius 2 is 2.20 bits per heavy atom. The summed E-state index contributed by atoms with van der Waals surface area (Å²) < 4.78 is 7.36. The molecule has 20 heavy (non-hydrogen) atoms. The van der Waals surface area contributed by atoms with Gasteiger partial charge >= 0.3 is 0 Å². The zero-order valence-electron chi connectivity index (χ0n) is 13.4. The Morgan fingerprint density at radius 1 is 1.50 bits per heavy atom. The van der Waals surface area contributed by atoms with Crippen LogP contribution in [0.15, 0.2) is 6.20 Å². The van der Waals surface area contributed by atoms with Gasteiger partial charge in [-0.3, -0.25) is 4.68 Å². The standard InChI is InChI=1S/C16H28N2O2/c1-6-18-15(14(20-5)10-17-18)16(19)9-12(4)7-8-13(16)11(2)3/h10-13,19H,6-9H2,1-5H3. The van der Waals surface area contributed by atoms with E-state index < -0.39 is 5.60 Å². The summed E-state index contributed by atoms with van der Waals surface area (Å²) in [5, 5.41) is 15.9. The number of aromatic nitrogens is 2. The third kappa shape index (κ3) is 2.46. The second-order valence-electron chi connectivity index (χ2n) is 6.54. The number of nitrogens with zero attached hydrogens (tertiary/aromatic N) is 2. The Balaban J connectivity index is 2.52. The molecule has 4 heteroatoms. The zero-order valence-corrected chi connectivity index (χ0v) is 13.4. The van der Waals surface area contributed by atoms with Crippen LogP contribution in [0.2, 0.25) is 0 Å². The van der Waals surface area contributed by atoms with Gasteiger partial charge in [-0.15, -0.1) is 0 Å². The summed E-state index contributed by atoms with van der Waals surface area (Å²) in [5.41, 5.74) is 0.0386. The molecule has 0 amide bonds. The summed E-state index contributed by atoms with van der Waals surface area (Å²) in [6.45, 7) is 9.42. The number of aliphatic hydroxyl groups is 1. The lowest BCUT2D eigenvalue weighted by molar-refractivity contribution is -0.0937. The van der Waals surface area contributed by atoms with Crippen molar-refractivity contribution in [2.75, 3.05) is 7.11 Å². The number of methoxy groups -OCH3 is 1. The summed E-state index contributed by atoms with van der Waals surface area (Å²) in [6, 6.07) is 0. The molecule has 2 rings (SSSR count). The molecule has 0 radical (unpaired) electrons. The van der Waals surface area contributed by atoms with Crippen LogP contribution in [0.5, 0.6) is 5.75 Å². The fourth-order valence-corrected chi connectivity index (χ4v) is 3.84. The molecule has 3 atom stereocenters. The first-order chi connectivity index (χ1) is 9.43. The molecule has 3 unspecified atom stereocenters. The number of ether oxygens (including phenoxy) is 1. The fourth-order valence-electron chi connectivity index (χ4n) is 3.84. The molecule has 1 aliphatic carbocycles. The average Bonchev–Trinajstić information content (AvgIpc) is 2.81. The monoisotopic (exact) mass is 280 g/mol. The Hall–Kier alpha value is -1.03. The summed E-state index contributed by atoms with van der Waals surface area (Å²) in [6.07, 6.45) is 4.77. The van der Waals surface area contributed by atoms with Crippen LogP contribution in [-0.2, 0) is 12.1 Å². The van der Waals surface area contributed by atoms with Crippen LogP contribution in [-0.4, -0.2) is 22.0 Å². The largest absolute Gasteiger partial charge is 0.493 e. The van der Waals surface area contributed by atoms with Crippen LogP contribution in [0.4, 0.5) is 0 Å². The second-order valence-corrected chi connectivity index (χ2v) is 6.54. The van der Waals surface area contributed by atoms with Crippen molar-refractivity contribution in [3.05, 3.63) is 11.9 Å². The predicted molar refractivity (Wildman–Crippen MR) is 79.7 cm³/mol. The highest BCUT2D eigenvalue weighted by molar-refractivity contribution is 5.32. The third-order valence-corrected chi connectivity index (χ3v) is 4.78. The SMILES string of the molecule is CCn1ncc(OC)c1C1(O)CC(C)CCC1C(C)C. The first kappa shape index (κ1) is 15.4. The van der Waals surface area contributed by atoms with Crippen molar-refractivity contribution in [3.8, 4) is 5.75 Å². The second kappa shape index (κ2) is 5.76. The van der Waals surface area contributed by atoms with Gasteiger partial charge in [0.05, 0.1) is 13.3 Å². The van der Waals surface area contributed by atoms with E-state index in [9.17, 15) is 5.11 Å². The topological polar surface area (TPSA) is 47.3 Å². The Labute approximate surface area is 122 Å². The van der Waals surface area contributed by atoms with Crippen molar-refractivity contribution in [3.63, 3.8) is 0 Å². The molecule has 1 N–H and O–H groups in total. The fraction of sp³-hybridized carbons (Fsp3) is 0.812. The lowest BCUT2D eigenvalue weighted by Crippen LogP contribution is -2.44. The predicted octanol–water partition coefficient (Wildman–Crippen LogP) is 3.19. The van der Waals surface area contributed by atoms with Crippen LogP contribution in [0, 0.1) is 17.8 Å². The molecule has 0 aliphatic heterocycles. The molecule has 0 spiro atoms. The van der Waals surface area contributed by atoms with E-state index in [2.05, 4.69) is 32.8 Å². The smallest absolute Gasteiger partial charge is 0.162 e. The molecule has 1 fully saturated rings. The molecule has 1 aromatic heterocycles. The highest BCUT2D eigenvalue weighted by atomic mass is 16.5. The molecule has 4 nitrogen and oxygen atoms in total. The summed E-state index contributed by atoms with van der Waals surface area (Å²) in [5.74, 6) is 1.95. The third-order valence-electron chi connectivity index (χ3n) is 4.78. The summed E-state index contributed by atoms with van der Waals surface area (Å²) in [4.78, 5) is 0. The van der Waals surface area contributed by atoms with E-state index in [1.54, 1.807) is 13.3 Å². The van der Waals surface area contributed by atoms with Gasteiger partial charge in [-0.25, -0.2) is 0 Å². The van der Waals surface area contributed by atoms with Gasteiger partial charge in [0.15, 0.2) is 5.75 Å². The maximum Gasteiger partial charge on any atom is 0.162 e. The first-order valence-electron chi connectivity index (χ1n) is 7.76. The van der Waals surface area contributed by atoms with Crippen molar-refractivity contribution in [2.45, 2.75) is 59.1 Å². The van der Waals surface area contributed by atoms with E-state index in [0.29, 0.717) is 17.6 Å². The van der Waals surface area contributed by atoms with Gasteiger partial charge in [-0.2, -0.15) is 5.10 Å². The molecule has 1 saturated carbocycles. The highest BCUT2D eigenvalue weighted by Gasteiger charge is 2.47. The summed E-state index contributed by atoms with van der Waals surface area (Å²) >= 11 is 0. The molecule has 1 aliphatic rings. The van der Waals surface area contributed by atoms with Gasteiger partial charge in [-0.05, 0) is 37.5 Å². The normalized spacial score (nSPS) is 30.8. The van der Waals surface area contributed by atoms with E-state index in [-0.39, 0.29) is 5.92 Å². The van der Waals surface area contributed by atoms with Gasteiger partial charge in [0, 0.05) is 6.54 Å². The van der Waals surface area contributed by atoms with E-state index in [4.69, 9.17) is 4.74 Å². The minimum absolute atomic E-state index is 0.259. The van der Waals surface area contributed by atoms with Crippen molar-refractivity contribution in [1.29, 1.82) is 0 Å². The molecule has 0 saturated heterocycles. The maximum atomic E-state index is 11.5. The Kier molecular flexibility index (Phi) is 4.43. The molecular formula is C16H28N2O2. The minimum Gasteiger partial charge on any atom is -0.493 e. The van der Waals surface area contributed by atoms with Crippen molar-refractivity contribution in [1.82, 2.24) is 9.78 Å². The summed E-state index contributed by atoms with van der Waals surface area (Å²) in [7, 11) is 1.65. The van der Waals surface area contributed by atoms with Gasteiger partial charge in [0.2, 0.25) is 0 Å². The van der Waals surface area contributed by atoms with E-state index in [0.717, 1.165) is 25.1 Å². The Morgan fingerprint density at radius 3 is 2.75 bits per heavy atom. The van der Waals surface area contributed by atoms with Gasteiger partial charge < -0.3 is 9.84 Å². The van der Waals surface area contributed by atoms with Crippen molar-refractivity contribution < 1.29 is 9.84 Å². The molecule has 1 aromatic rings. The lowest BCUT2D eigenvalue weighted by atomic mass is 9.65. The zero-order chi connectivity index (χ0) is 14.9. The van der Waals surface area contributed by atoms with Crippen LogP contribution in [0.3, 0.4) is 0 Å². The van der Waals surface area contributed by atoms with Crippen LogP contribution in [0.1, 0.15) is 52.7 Å². The highest BCUT2D eigenvalue weighted by Crippen LogP contribution is 2.49. The van der Waals surface area contributed by atoms with E-state index in [1.165, 1.54) is 6.42 Å². The van der Waals surface area contributed by atoms with Crippen molar-refractivity contribution in [2.24, 2.45) is 17.8 Å². The lowest BCUT2D eigenvalue weighted by Gasteiger charge is -2.45. The number of rotatable bonds is 4. The van der Waals surface area contributed by atoms with E-state index >= 15 is 0 Å². The molecule has 0 bridgehead atoms. The van der Waals surface area contributed by atoms with Crippen LogP contribution < -0.4 is 4.74 Å². The Bertz CT molecular complexity index is 434. The molecule has 114 valence electrons. The van der Waals surface area contributed by atoms with Crippen LogP contribution in [0.25, 0.3) is 0 Å². The maximum absolute atomic E-state index is 11.5. The number of aryl methyl sites for hydroxylation is 1. The van der Waals surface area contributed by atoms with Crippen molar-refractivity contribution >= 4 is 0 Å². The number of hydrogen-bond donors (Lipinski definition) is 1. The van der Waals surface area contributed by atoms with Gasteiger partial charge in [0.25, 0.3) is 0 Å². The van der Waals surface area contributed by atoms with E-state index in [1.807, 2.05) is 4.68 Å². The van der Waals surface area contributed by atoms with Gasteiger partial charge in [-0.1, -0.05) is 27.2 Å². The number of hydrogen-bond acceptors (Lipinski definition) is 3. The van der Waals surface area contributed by atoms with Crippen LogP contribution >= 0.6 is 0 Å². The first-order valence-corrected chi connectivity index (χ1v) is 7.76. The molecule has 0 aromatic carbocycles. The quantitative estimate of drug-likeness (QED) is 0.921. The average molecular weight is 280 g/mol. The van der Waals surface area contributed by atoms with Gasteiger partial charge in [0.1, 0.15) is 11.3 Å².